The van der Waals surface area contributed by atoms with E-state index in [2.05, 4.69) is 0 Å². The monoisotopic (exact) mass is 368 g/mol. The van der Waals surface area contributed by atoms with Crippen molar-refractivity contribution in [3.8, 4) is 0 Å². The molecule has 0 saturated carbocycles. The fourth-order valence-electron chi connectivity index (χ4n) is 2.09. The summed E-state index contributed by atoms with van der Waals surface area (Å²) < 4.78 is 27.9. The van der Waals surface area contributed by atoms with Crippen molar-refractivity contribution in [1.29, 1.82) is 0 Å². The Morgan fingerprint density at radius 1 is 1.04 bits per heavy atom. The lowest BCUT2D eigenvalue weighted by atomic mass is 10.1. The van der Waals surface area contributed by atoms with Crippen molar-refractivity contribution in [3.63, 3.8) is 0 Å². The molecule has 0 heterocycles. The van der Waals surface area contributed by atoms with E-state index in [0.717, 1.165) is 0 Å². The Labute approximate surface area is 146 Å². The Hall–Kier alpha value is -1.65. The van der Waals surface area contributed by atoms with E-state index in [1.54, 1.807) is 54.6 Å². The van der Waals surface area contributed by atoms with Gasteiger partial charge >= 0.3 is 13.6 Å². The molecule has 0 bridgehead atoms. The topological polar surface area (TPSA) is 61.8 Å². The SMILES string of the molecule is COP(=O)(C[C@@H](OC(=O)c1ccccc1)c1ccc(Cl)cc1)OC. The number of hydrogen-bond acceptors (Lipinski definition) is 5. The van der Waals surface area contributed by atoms with Gasteiger partial charge in [0.05, 0.1) is 11.7 Å². The molecule has 5 nitrogen and oxygen atoms in total. The van der Waals surface area contributed by atoms with E-state index in [4.69, 9.17) is 25.4 Å². The molecule has 0 unspecified atom stereocenters. The van der Waals surface area contributed by atoms with E-state index in [-0.39, 0.29) is 6.16 Å². The van der Waals surface area contributed by atoms with Gasteiger partial charge in [0.1, 0.15) is 6.10 Å². The van der Waals surface area contributed by atoms with Crippen LogP contribution in [0.2, 0.25) is 5.02 Å². The summed E-state index contributed by atoms with van der Waals surface area (Å²) in [5.41, 5.74) is 1.05. The minimum Gasteiger partial charge on any atom is -0.453 e. The Balaban J connectivity index is 2.27. The second-order valence-corrected chi connectivity index (χ2v) is 7.72. The number of ether oxygens (including phenoxy) is 1. The van der Waals surface area contributed by atoms with Crippen LogP contribution in [0.15, 0.2) is 54.6 Å². The molecule has 0 aliphatic heterocycles. The summed E-state index contributed by atoms with van der Waals surface area (Å²) >= 11 is 5.89. The van der Waals surface area contributed by atoms with E-state index in [1.807, 2.05) is 0 Å². The summed E-state index contributed by atoms with van der Waals surface area (Å²) in [7, 11) is -0.785. The maximum atomic E-state index is 12.5. The summed E-state index contributed by atoms with van der Waals surface area (Å²) in [6.45, 7) is 0. The maximum absolute atomic E-state index is 12.5. The highest BCUT2D eigenvalue weighted by molar-refractivity contribution is 7.53. The molecule has 0 fully saturated rings. The van der Waals surface area contributed by atoms with E-state index in [0.29, 0.717) is 16.1 Å². The predicted molar refractivity (Wildman–Crippen MR) is 92.5 cm³/mol. The molecule has 0 spiro atoms. The van der Waals surface area contributed by atoms with Gasteiger partial charge in [-0.1, -0.05) is 41.9 Å². The first kappa shape index (κ1) is 18.7. The summed E-state index contributed by atoms with van der Waals surface area (Å²) in [5, 5.41) is 0.550. The van der Waals surface area contributed by atoms with Crippen LogP contribution in [0.3, 0.4) is 0 Å². The third-order valence-corrected chi connectivity index (χ3v) is 5.59. The maximum Gasteiger partial charge on any atom is 0.338 e. The van der Waals surface area contributed by atoms with Crippen molar-refractivity contribution in [2.45, 2.75) is 6.10 Å². The highest BCUT2D eigenvalue weighted by Gasteiger charge is 2.30. The van der Waals surface area contributed by atoms with Crippen LogP contribution >= 0.6 is 19.2 Å². The van der Waals surface area contributed by atoms with E-state index in [1.165, 1.54) is 14.2 Å². The molecule has 0 aliphatic rings. The van der Waals surface area contributed by atoms with Crippen molar-refractivity contribution >= 4 is 25.2 Å². The van der Waals surface area contributed by atoms with E-state index in [9.17, 15) is 9.36 Å². The second kappa shape index (κ2) is 8.45. The number of carbonyl (C=O) groups excluding carboxylic acids is 1. The average Bonchev–Trinajstić information content (AvgIpc) is 2.62. The largest absolute Gasteiger partial charge is 0.453 e. The second-order valence-electron chi connectivity index (χ2n) is 4.97. The smallest absolute Gasteiger partial charge is 0.338 e. The van der Waals surface area contributed by atoms with E-state index < -0.39 is 19.7 Å². The van der Waals surface area contributed by atoms with Crippen LogP contribution in [0.25, 0.3) is 0 Å². The van der Waals surface area contributed by atoms with Crippen molar-refractivity contribution in [2.24, 2.45) is 0 Å². The molecule has 0 N–H and O–H groups in total. The number of halogens is 1. The number of carbonyl (C=O) groups is 1. The van der Waals surface area contributed by atoms with Crippen LogP contribution in [-0.2, 0) is 18.3 Å². The molecule has 2 rings (SSSR count). The lowest BCUT2D eigenvalue weighted by molar-refractivity contribution is 0.0333. The Kier molecular flexibility index (Phi) is 6.58. The standard InChI is InChI=1S/C17H18ClO5P/c1-21-24(20,22-2)12-16(13-8-10-15(18)11-9-13)23-17(19)14-6-4-3-5-7-14/h3-11,16H,12H2,1-2H3/t16-/m1/s1. The third kappa shape index (κ3) is 4.92. The molecule has 0 amide bonds. The minimum absolute atomic E-state index is 0.0970. The highest BCUT2D eigenvalue weighted by Crippen LogP contribution is 2.50. The zero-order valence-electron chi connectivity index (χ0n) is 13.3. The van der Waals surface area contributed by atoms with Crippen LogP contribution in [0.1, 0.15) is 22.0 Å². The van der Waals surface area contributed by atoms with Crippen molar-refractivity contribution in [3.05, 3.63) is 70.7 Å². The first-order valence-electron chi connectivity index (χ1n) is 7.19. The van der Waals surface area contributed by atoms with Crippen LogP contribution in [0, 0.1) is 0 Å². The zero-order valence-corrected chi connectivity index (χ0v) is 15.0. The minimum atomic E-state index is -3.37. The summed E-state index contributed by atoms with van der Waals surface area (Å²) in [6.07, 6.45) is -0.888. The lowest BCUT2D eigenvalue weighted by Gasteiger charge is -2.22. The van der Waals surface area contributed by atoms with Gasteiger partial charge in [0.25, 0.3) is 0 Å². The van der Waals surface area contributed by atoms with Crippen LogP contribution < -0.4 is 0 Å². The Morgan fingerprint density at radius 3 is 2.17 bits per heavy atom. The molecule has 0 aromatic heterocycles. The number of hydrogen-bond donors (Lipinski definition) is 0. The molecule has 2 aromatic rings. The predicted octanol–water partition coefficient (Wildman–Crippen LogP) is 4.72. The van der Waals surface area contributed by atoms with Crippen molar-refractivity contribution in [1.82, 2.24) is 0 Å². The molecular weight excluding hydrogens is 351 g/mol. The molecule has 0 radical (unpaired) electrons. The van der Waals surface area contributed by atoms with Gasteiger partial charge in [-0.05, 0) is 29.8 Å². The van der Waals surface area contributed by atoms with Crippen molar-refractivity contribution < 1.29 is 23.1 Å². The van der Waals surface area contributed by atoms with Gasteiger partial charge in [-0.3, -0.25) is 4.57 Å². The number of benzene rings is 2. The van der Waals surface area contributed by atoms with Crippen molar-refractivity contribution in [2.75, 3.05) is 20.4 Å². The Morgan fingerprint density at radius 2 is 1.62 bits per heavy atom. The Bertz CT molecular complexity index is 710. The average molecular weight is 369 g/mol. The van der Waals surface area contributed by atoms with Gasteiger partial charge in [0.15, 0.2) is 0 Å². The molecule has 0 saturated heterocycles. The molecule has 24 heavy (non-hydrogen) atoms. The van der Waals surface area contributed by atoms with Gasteiger partial charge in [-0.2, -0.15) is 0 Å². The fourth-order valence-corrected chi connectivity index (χ4v) is 3.35. The van der Waals surface area contributed by atoms with E-state index >= 15 is 0 Å². The summed E-state index contributed by atoms with van der Waals surface area (Å²) in [4.78, 5) is 12.3. The van der Waals surface area contributed by atoms with Gasteiger partial charge in [-0.25, -0.2) is 4.79 Å². The first-order valence-corrected chi connectivity index (χ1v) is 9.30. The van der Waals surface area contributed by atoms with Gasteiger partial charge in [0, 0.05) is 19.2 Å². The van der Waals surface area contributed by atoms with Crippen LogP contribution in [-0.4, -0.2) is 26.4 Å². The quantitative estimate of drug-likeness (QED) is 0.522. The zero-order chi connectivity index (χ0) is 17.6. The van der Waals surface area contributed by atoms with Crippen LogP contribution in [0.5, 0.6) is 0 Å². The molecule has 0 aliphatic carbocycles. The number of esters is 1. The molecular formula is C17H18ClO5P. The van der Waals surface area contributed by atoms with Gasteiger partial charge in [-0.15, -0.1) is 0 Å². The molecule has 7 heteroatoms. The summed E-state index contributed by atoms with van der Waals surface area (Å²) in [5.74, 6) is -0.519. The summed E-state index contributed by atoms with van der Waals surface area (Å²) in [6, 6.07) is 15.3. The molecule has 2 aromatic carbocycles. The first-order chi connectivity index (χ1) is 11.5. The molecule has 128 valence electrons. The third-order valence-electron chi connectivity index (χ3n) is 3.45. The van der Waals surface area contributed by atoms with Gasteiger partial charge in [0.2, 0.25) is 0 Å². The van der Waals surface area contributed by atoms with Gasteiger partial charge < -0.3 is 13.8 Å². The normalized spacial score (nSPS) is 12.6. The lowest BCUT2D eigenvalue weighted by Crippen LogP contribution is -2.16. The molecule has 1 atom stereocenters. The fraction of sp³-hybridized carbons (Fsp3) is 0.235. The number of rotatable bonds is 7. The highest BCUT2D eigenvalue weighted by atomic mass is 35.5. The van der Waals surface area contributed by atoms with Crippen LogP contribution in [0.4, 0.5) is 0 Å².